The van der Waals surface area contributed by atoms with Gasteiger partial charge in [-0.15, -0.1) is 0 Å². The predicted octanol–water partition coefficient (Wildman–Crippen LogP) is 3.07. The molecule has 1 aliphatic heterocycles. The van der Waals surface area contributed by atoms with Gasteiger partial charge < -0.3 is 10.5 Å². The van der Waals surface area contributed by atoms with Crippen molar-refractivity contribution in [2.24, 2.45) is 5.73 Å². The van der Waals surface area contributed by atoms with Crippen LogP contribution < -0.4 is 10.5 Å². The summed E-state index contributed by atoms with van der Waals surface area (Å²) in [6, 6.07) is 19.5. The molecule has 6 nitrogen and oxygen atoms in total. The van der Waals surface area contributed by atoms with Gasteiger partial charge in [-0.25, -0.2) is 0 Å². The lowest BCUT2D eigenvalue weighted by Gasteiger charge is -2.40. The van der Waals surface area contributed by atoms with Crippen molar-refractivity contribution < 1.29 is 9.53 Å². The number of likely N-dealkylation sites (tertiary alicyclic amines) is 1. The smallest absolute Gasteiger partial charge is 0.230 e. The van der Waals surface area contributed by atoms with Crippen LogP contribution in [0.1, 0.15) is 29.8 Å². The Bertz CT molecular complexity index is 981. The van der Waals surface area contributed by atoms with Gasteiger partial charge in [0.05, 0.1) is 11.4 Å². The predicted molar refractivity (Wildman–Crippen MR) is 115 cm³/mol. The van der Waals surface area contributed by atoms with E-state index in [1.807, 2.05) is 54.6 Å². The number of carbonyl (C=O) groups is 1. The molecule has 4 rings (SSSR count). The molecule has 2 aromatic heterocycles. The number of hydrogen-bond acceptors (Lipinski definition) is 5. The number of piperidine rings is 1. The van der Waals surface area contributed by atoms with Crippen LogP contribution in [0.3, 0.4) is 0 Å². The van der Waals surface area contributed by atoms with E-state index >= 15 is 0 Å². The summed E-state index contributed by atoms with van der Waals surface area (Å²) in [6.45, 7) is 2.64. The normalized spacial score (nSPS) is 19.3. The molecule has 1 aromatic carbocycles. The standard InChI is InChI=1S/C24H26N4O2/c25-23(29)24(22-10-2-4-13-27-22)11-6-14-28(18-24)16-19-7-5-9-21(15-19)30-17-20-8-1-3-12-26-20/h1-5,7-10,12-13,15H,6,11,14,16-18H2,(H2,25,29). The van der Waals surface area contributed by atoms with E-state index in [0.29, 0.717) is 13.2 Å². The van der Waals surface area contributed by atoms with E-state index in [1.165, 1.54) is 0 Å². The monoisotopic (exact) mass is 402 g/mol. The number of nitrogens with zero attached hydrogens (tertiary/aromatic N) is 3. The SMILES string of the molecule is NC(=O)C1(c2ccccn2)CCCN(Cc2cccc(OCc3ccccn3)c2)C1. The summed E-state index contributed by atoms with van der Waals surface area (Å²) >= 11 is 0. The molecule has 0 aliphatic carbocycles. The Balaban J connectivity index is 1.45. The molecule has 3 aromatic rings. The van der Waals surface area contributed by atoms with Crippen LogP contribution in [0.5, 0.6) is 5.75 Å². The molecule has 1 fully saturated rings. The quantitative estimate of drug-likeness (QED) is 0.657. The van der Waals surface area contributed by atoms with Gasteiger partial charge in [0.1, 0.15) is 17.8 Å². The first-order valence-electron chi connectivity index (χ1n) is 10.2. The summed E-state index contributed by atoms with van der Waals surface area (Å²) in [4.78, 5) is 23.5. The lowest BCUT2D eigenvalue weighted by molar-refractivity contribution is -0.126. The minimum atomic E-state index is -0.743. The molecule has 1 saturated heterocycles. The molecule has 0 radical (unpaired) electrons. The van der Waals surface area contributed by atoms with E-state index in [4.69, 9.17) is 10.5 Å². The van der Waals surface area contributed by atoms with Gasteiger partial charge in [-0.05, 0) is 61.3 Å². The van der Waals surface area contributed by atoms with Gasteiger partial charge in [0.25, 0.3) is 0 Å². The third-order valence-corrected chi connectivity index (χ3v) is 5.62. The second-order valence-corrected chi connectivity index (χ2v) is 7.73. The molecule has 3 heterocycles. The van der Waals surface area contributed by atoms with Crippen LogP contribution in [-0.4, -0.2) is 33.9 Å². The van der Waals surface area contributed by atoms with Crippen LogP contribution in [0.15, 0.2) is 73.1 Å². The lowest BCUT2D eigenvalue weighted by atomic mass is 9.76. The third kappa shape index (κ3) is 4.49. The Morgan fingerprint density at radius 3 is 2.63 bits per heavy atom. The highest BCUT2D eigenvalue weighted by Gasteiger charge is 2.43. The van der Waals surface area contributed by atoms with E-state index in [0.717, 1.165) is 48.6 Å². The first-order valence-corrected chi connectivity index (χ1v) is 10.2. The molecule has 30 heavy (non-hydrogen) atoms. The number of aromatic nitrogens is 2. The van der Waals surface area contributed by atoms with E-state index < -0.39 is 5.41 Å². The van der Waals surface area contributed by atoms with Gasteiger partial charge in [0.2, 0.25) is 5.91 Å². The van der Waals surface area contributed by atoms with Crippen molar-refractivity contribution in [2.45, 2.75) is 31.4 Å². The third-order valence-electron chi connectivity index (χ3n) is 5.62. The lowest BCUT2D eigenvalue weighted by Crippen LogP contribution is -2.53. The summed E-state index contributed by atoms with van der Waals surface area (Å²) in [7, 11) is 0. The van der Waals surface area contributed by atoms with Crippen LogP contribution >= 0.6 is 0 Å². The molecular weight excluding hydrogens is 376 g/mol. The summed E-state index contributed by atoms with van der Waals surface area (Å²) in [5, 5.41) is 0. The van der Waals surface area contributed by atoms with E-state index in [-0.39, 0.29) is 5.91 Å². The molecule has 0 spiro atoms. The number of hydrogen-bond donors (Lipinski definition) is 1. The first kappa shape index (κ1) is 20.0. The van der Waals surface area contributed by atoms with Crippen LogP contribution in [0.2, 0.25) is 0 Å². The van der Waals surface area contributed by atoms with Gasteiger partial charge >= 0.3 is 0 Å². The van der Waals surface area contributed by atoms with Crippen molar-refractivity contribution in [3.05, 3.63) is 90.0 Å². The average molecular weight is 402 g/mol. The van der Waals surface area contributed by atoms with Crippen molar-refractivity contribution in [1.82, 2.24) is 14.9 Å². The minimum absolute atomic E-state index is 0.307. The molecule has 0 bridgehead atoms. The van der Waals surface area contributed by atoms with Crippen LogP contribution in [0.25, 0.3) is 0 Å². The number of benzene rings is 1. The molecule has 0 saturated carbocycles. The summed E-state index contributed by atoms with van der Waals surface area (Å²) < 4.78 is 5.91. The maximum absolute atomic E-state index is 12.5. The fourth-order valence-corrected chi connectivity index (χ4v) is 4.09. The molecule has 1 unspecified atom stereocenters. The number of carbonyl (C=O) groups excluding carboxylic acids is 1. The summed E-state index contributed by atoms with van der Waals surface area (Å²) in [5.41, 5.74) is 7.92. The van der Waals surface area contributed by atoms with Crippen molar-refractivity contribution in [1.29, 1.82) is 0 Å². The van der Waals surface area contributed by atoms with Gasteiger partial charge in [-0.2, -0.15) is 0 Å². The highest BCUT2D eigenvalue weighted by molar-refractivity contribution is 5.86. The van der Waals surface area contributed by atoms with Crippen molar-refractivity contribution in [3.8, 4) is 5.75 Å². The number of nitrogens with two attached hydrogens (primary N) is 1. The van der Waals surface area contributed by atoms with Crippen molar-refractivity contribution >= 4 is 5.91 Å². The van der Waals surface area contributed by atoms with Crippen molar-refractivity contribution in [3.63, 3.8) is 0 Å². The largest absolute Gasteiger partial charge is 0.487 e. The van der Waals surface area contributed by atoms with Gasteiger partial charge in [0.15, 0.2) is 0 Å². The molecule has 2 N–H and O–H groups in total. The Morgan fingerprint density at radius 2 is 1.90 bits per heavy atom. The van der Waals surface area contributed by atoms with Crippen LogP contribution in [-0.2, 0) is 23.4 Å². The Kier molecular flexibility index (Phi) is 6.05. The van der Waals surface area contributed by atoms with E-state index in [2.05, 4.69) is 20.9 Å². The molecule has 1 atom stereocenters. The second kappa shape index (κ2) is 9.05. The Labute approximate surface area is 176 Å². The zero-order valence-corrected chi connectivity index (χ0v) is 16.9. The van der Waals surface area contributed by atoms with Crippen LogP contribution in [0.4, 0.5) is 0 Å². The fourth-order valence-electron chi connectivity index (χ4n) is 4.09. The van der Waals surface area contributed by atoms with Gasteiger partial charge in [-0.3, -0.25) is 19.7 Å². The minimum Gasteiger partial charge on any atom is -0.487 e. The van der Waals surface area contributed by atoms with E-state index in [1.54, 1.807) is 12.4 Å². The molecule has 1 amide bonds. The summed E-state index contributed by atoms with van der Waals surface area (Å²) in [5.74, 6) is 0.499. The number of amides is 1. The topological polar surface area (TPSA) is 81.3 Å². The van der Waals surface area contributed by atoms with Crippen LogP contribution in [0, 0.1) is 0 Å². The number of ether oxygens (including phenoxy) is 1. The maximum atomic E-state index is 12.5. The average Bonchev–Trinajstić information content (AvgIpc) is 2.79. The molecule has 154 valence electrons. The zero-order valence-electron chi connectivity index (χ0n) is 16.9. The zero-order chi connectivity index (χ0) is 20.8. The molecule has 6 heteroatoms. The Hall–Kier alpha value is -3.25. The second-order valence-electron chi connectivity index (χ2n) is 7.73. The number of primary amides is 1. The maximum Gasteiger partial charge on any atom is 0.230 e. The number of rotatable bonds is 7. The highest BCUT2D eigenvalue weighted by Crippen LogP contribution is 2.33. The van der Waals surface area contributed by atoms with E-state index in [9.17, 15) is 4.79 Å². The highest BCUT2D eigenvalue weighted by atomic mass is 16.5. The van der Waals surface area contributed by atoms with Gasteiger partial charge in [0, 0.05) is 25.5 Å². The molecule has 1 aliphatic rings. The van der Waals surface area contributed by atoms with Gasteiger partial charge in [-0.1, -0.05) is 24.3 Å². The number of pyridine rings is 2. The molecular formula is C24H26N4O2. The summed E-state index contributed by atoms with van der Waals surface area (Å²) in [6.07, 6.45) is 5.11. The van der Waals surface area contributed by atoms with Crippen molar-refractivity contribution in [2.75, 3.05) is 13.1 Å². The first-order chi connectivity index (χ1) is 14.7. The fraction of sp³-hybridized carbons (Fsp3) is 0.292. The Morgan fingerprint density at radius 1 is 1.07 bits per heavy atom.